The topological polar surface area (TPSA) is 89.4 Å². The Labute approximate surface area is 210 Å². The molecule has 36 heavy (non-hydrogen) atoms. The van der Waals surface area contributed by atoms with Gasteiger partial charge in [0.05, 0.1) is 12.6 Å². The van der Waals surface area contributed by atoms with Crippen LogP contribution in [-0.4, -0.2) is 39.5 Å². The number of anilines is 1. The number of aromatic nitrogens is 3. The SMILES string of the molecule is COc1cccc([C@H](C(=O)NC(C)(C)C)N(C(=O)Cn2nnc3ccccc32)c2cccc(C)c2)c1. The minimum absolute atomic E-state index is 0.0856. The van der Waals surface area contributed by atoms with E-state index in [2.05, 4.69) is 15.6 Å². The Hall–Kier alpha value is -4.20. The summed E-state index contributed by atoms with van der Waals surface area (Å²) in [7, 11) is 1.57. The number of methoxy groups -OCH3 is 1. The lowest BCUT2D eigenvalue weighted by molar-refractivity contribution is -0.128. The van der Waals surface area contributed by atoms with Crippen LogP contribution in [0.2, 0.25) is 0 Å². The summed E-state index contributed by atoms with van der Waals surface area (Å²) in [5.74, 6) is 0.00200. The van der Waals surface area contributed by atoms with E-state index in [1.807, 2.05) is 94.4 Å². The van der Waals surface area contributed by atoms with Crippen molar-refractivity contribution < 1.29 is 14.3 Å². The fraction of sp³-hybridized carbons (Fsp3) is 0.286. The lowest BCUT2D eigenvalue weighted by atomic mass is 10.00. The Balaban J connectivity index is 1.84. The molecule has 0 unspecified atom stereocenters. The van der Waals surface area contributed by atoms with Crippen molar-refractivity contribution in [2.45, 2.75) is 45.8 Å². The van der Waals surface area contributed by atoms with Gasteiger partial charge in [-0.15, -0.1) is 5.10 Å². The summed E-state index contributed by atoms with van der Waals surface area (Å²) in [5, 5.41) is 11.4. The van der Waals surface area contributed by atoms with Crippen molar-refractivity contribution in [3.8, 4) is 5.75 Å². The van der Waals surface area contributed by atoms with Crippen LogP contribution >= 0.6 is 0 Å². The number of hydrogen-bond acceptors (Lipinski definition) is 5. The second-order valence-corrected chi connectivity index (χ2v) is 9.76. The van der Waals surface area contributed by atoms with Gasteiger partial charge < -0.3 is 10.1 Å². The van der Waals surface area contributed by atoms with Crippen molar-refractivity contribution in [1.29, 1.82) is 0 Å². The maximum atomic E-state index is 14.0. The average molecular weight is 486 g/mol. The maximum absolute atomic E-state index is 14.0. The summed E-state index contributed by atoms with van der Waals surface area (Å²) in [6.07, 6.45) is 0. The van der Waals surface area contributed by atoms with Gasteiger partial charge in [0.25, 0.3) is 0 Å². The number of nitrogens with zero attached hydrogens (tertiary/aromatic N) is 4. The number of carbonyl (C=O) groups excluding carboxylic acids is 2. The molecule has 2 amide bonds. The Kier molecular flexibility index (Phi) is 7.05. The van der Waals surface area contributed by atoms with Gasteiger partial charge in [-0.2, -0.15) is 0 Å². The normalized spacial score (nSPS) is 12.2. The van der Waals surface area contributed by atoms with Crippen LogP contribution in [0.15, 0.2) is 72.8 Å². The van der Waals surface area contributed by atoms with Gasteiger partial charge in [0.1, 0.15) is 23.9 Å². The molecular formula is C28H31N5O3. The summed E-state index contributed by atoms with van der Waals surface area (Å²) < 4.78 is 6.99. The van der Waals surface area contributed by atoms with Gasteiger partial charge in [-0.25, -0.2) is 4.68 Å². The third-order valence-corrected chi connectivity index (χ3v) is 5.67. The molecule has 3 aromatic carbocycles. The van der Waals surface area contributed by atoms with Gasteiger partial charge in [-0.3, -0.25) is 14.5 Å². The van der Waals surface area contributed by atoms with Crippen LogP contribution in [-0.2, 0) is 16.1 Å². The lowest BCUT2D eigenvalue weighted by Crippen LogP contribution is -2.50. The average Bonchev–Trinajstić information content (AvgIpc) is 3.24. The first kappa shape index (κ1) is 24.9. The minimum atomic E-state index is -0.941. The number of carbonyl (C=O) groups is 2. The van der Waals surface area contributed by atoms with E-state index in [0.29, 0.717) is 22.5 Å². The summed E-state index contributed by atoms with van der Waals surface area (Å²) in [4.78, 5) is 29.4. The molecule has 4 rings (SSSR count). The Bertz CT molecular complexity index is 1390. The second-order valence-electron chi connectivity index (χ2n) is 9.76. The van der Waals surface area contributed by atoms with E-state index in [0.717, 1.165) is 11.1 Å². The van der Waals surface area contributed by atoms with Crippen LogP contribution in [0.25, 0.3) is 11.0 Å². The fourth-order valence-electron chi connectivity index (χ4n) is 4.12. The first-order valence-corrected chi connectivity index (χ1v) is 11.8. The van der Waals surface area contributed by atoms with E-state index in [1.165, 1.54) is 0 Å². The van der Waals surface area contributed by atoms with Gasteiger partial charge in [-0.1, -0.05) is 41.6 Å². The molecule has 0 spiro atoms. The molecule has 0 saturated heterocycles. The number of benzene rings is 3. The molecule has 1 N–H and O–H groups in total. The minimum Gasteiger partial charge on any atom is -0.497 e. The Morgan fingerprint density at radius 2 is 1.78 bits per heavy atom. The first-order chi connectivity index (χ1) is 17.2. The predicted octanol–water partition coefficient (Wildman–Crippen LogP) is 4.44. The van der Waals surface area contributed by atoms with Crippen molar-refractivity contribution >= 4 is 28.5 Å². The number of ether oxygens (including phenoxy) is 1. The van der Waals surface area contributed by atoms with Gasteiger partial charge in [0.15, 0.2) is 0 Å². The van der Waals surface area contributed by atoms with Crippen LogP contribution in [0.1, 0.15) is 37.9 Å². The molecule has 0 aliphatic carbocycles. The number of aryl methyl sites for hydroxylation is 1. The standard InChI is InChI=1S/C28H31N5O3/c1-19-10-8-12-21(16-19)33(25(34)18-32-24-15-7-6-14-23(24)30-31-32)26(27(35)29-28(2,3)4)20-11-9-13-22(17-20)36-5/h6-17,26H,18H2,1-5H3,(H,29,35)/t26-/m1/s1. The number of amides is 2. The zero-order chi connectivity index (χ0) is 25.9. The lowest BCUT2D eigenvalue weighted by Gasteiger charge is -2.34. The monoisotopic (exact) mass is 485 g/mol. The van der Waals surface area contributed by atoms with E-state index in [1.54, 1.807) is 22.8 Å². The Morgan fingerprint density at radius 1 is 1.03 bits per heavy atom. The summed E-state index contributed by atoms with van der Waals surface area (Å²) in [6, 6.07) is 21.3. The highest BCUT2D eigenvalue weighted by Crippen LogP contribution is 2.31. The molecule has 0 aliphatic rings. The molecule has 8 nitrogen and oxygen atoms in total. The number of para-hydroxylation sites is 1. The van der Waals surface area contributed by atoms with Crippen molar-refractivity contribution in [2.24, 2.45) is 0 Å². The van der Waals surface area contributed by atoms with Crippen LogP contribution in [0, 0.1) is 6.92 Å². The number of hydrogen-bond donors (Lipinski definition) is 1. The van der Waals surface area contributed by atoms with Crippen LogP contribution in [0.5, 0.6) is 5.75 Å². The highest BCUT2D eigenvalue weighted by atomic mass is 16.5. The summed E-state index contributed by atoms with van der Waals surface area (Å²) >= 11 is 0. The third kappa shape index (κ3) is 5.54. The smallest absolute Gasteiger partial charge is 0.249 e. The van der Waals surface area contributed by atoms with Crippen molar-refractivity contribution in [2.75, 3.05) is 12.0 Å². The van der Waals surface area contributed by atoms with Gasteiger partial charge in [0, 0.05) is 11.2 Å². The molecular weight excluding hydrogens is 454 g/mol. The molecule has 0 aliphatic heterocycles. The van der Waals surface area contributed by atoms with Gasteiger partial charge in [0.2, 0.25) is 11.8 Å². The number of nitrogens with one attached hydrogen (secondary N) is 1. The zero-order valence-electron chi connectivity index (χ0n) is 21.2. The van der Waals surface area contributed by atoms with E-state index in [4.69, 9.17) is 4.74 Å². The molecule has 0 saturated carbocycles. The molecule has 1 aromatic heterocycles. The summed E-state index contributed by atoms with van der Waals surface area (Å²) in [5.41, 5.74) is 3.15. The fourth-order valence-corrected chi connectivity index (χ4v) is 4.12. The highest BCUT2D eigenvalue weighted by molar-refractivity contribution is 6.01. The molecule has 0 fully saturated rings. The number of rotatable bonds is 7. The van der Waals surface area contributed by atoms with Gasteiger partial charge in [-0.05, 0) is 75.2 Å². The largest absolute Gasteiger partial charge is 0.497 e. The maximum Gasteiger partial charge on any atom is 0.249 e. The number of fused-ring (bicyclic) bond motifs is 1. The molecule has 186 valence electrons. The second kappa shape index (κ2) is 10.2. The third-order valence-electron chi connectivity index (χ3n) is 5.67. The Morgan fingerprint density at radius 3 is 2.50 bits per heavy atom. The molecule has 0 bridgehead atoms. The highest BCUT2D eigenvalue weighted by Gasteiger charge is 2.35. The molecule has 0 radical (unpaired) electrons. The van der Waals surface area contributed by atoms with E-state index in [9.17, 15) is 9.59 Å². The molecule has 4 aromatic rings. The summed E-state index contributed by atoms with van der Waals surface area (Å²) in [6.45, 7) is 7.60. The molecule has 1 heterocycles. The van der Waals surface area contributed by atoms with E-state index in [-0.39, 0.29) is 18.4 Å². The van der Waals surface area contributed by atoms with Crippen LogP contribution in [0.4, 0.5) is 5.69 Å². The molecule has 8 heteroatoms. The quantitative estimate of drug-likeness (QED) is 0.418. The zero-order valence-corrected chi connectivity index (χ0v) is 21.2. The van der Waals surface area contributed by atoms with E-state index < -0.39 is 11.6 Å². The van der Waals surface area contributed by atoms with Crippen LogP contribution in [0.3, 0.4) is 0 Å². The van der Waals surface area contributed by atoms with Crippen LogP contribution < -0.4 is 15.0 Å². The molecule has 1 atom stereocenters. The van der Waals surface area contributed by atoms with Gasteiger partial charge >= 0.3 is 0 Å². The van der Waals surface area contributed by atoms with Crippen molar-refractivity contribution in [1.82, 2.24) is 20.3 Å². The van der Waals surface area contributed by atoms with Crippen molar-refractivity contribution in [3.63, 3.8) is 0 Å². The first-order valence-electron chi connectivity index (χ1n) is 11.8. The van der Waals surface area contributed by atoms with E-state index >= 15 is 0 Å². The predicted molar refractivity (Wildman–Crippen MR) is 140 cm³/mol. The van der Waals surface area contributed by atoms with Crippen molar-refractivity contribution in [3.05, 3.63) is 83.9 Å².